The third-order valence-corrected chi connectivity index (χ3v) is 3.98. The molecule has 14 heavy (non-hydrogen) atoms. The van der Waals surface area contributed by atoms with E-state index in [0.717, 1.165) is 4.31 Å². The lowest BCUT2D eigenvalue weighted by Crippen LogP contribution is -2.23. The summed E-state index contributed by atoms with van der Waals surface area (Å²) in [5.74, 6) is -0.337. The number of hydrogen-bond donors (Lipinski definition) is 1. The highest BCUT2D eigenvalue weighted by Crippen LogP contribution is 2.28. The number of halogens is 1. The van der Waals surface area contributed by atoms with Gasteiger partial charge in [-0.25, -0.2) is 8.99 Å². The van der Waals surface area contributed by atoms with Gasteiger partial charge in [-0.1, -0.05) is 12.1 Å². The van der Waals surface area contributed by atoms with Crippen LogP contribution in [-0.2, 0) is 9.92 Å². The van der Waals surface area contributed by atoms with Crippen LogP contribution in [0.2, 0.25) is 0 Å². The summed E-state index contributed by atoms with van der Waals surface area (Å²) in [6.07, 6.45) is 0. The monoisotopic (exact) mass is 232 g/mol. The van der Waals surface area contributed by atoms with Crippen molar-refractivity contribution in [3.05, 3.63) is 29.8 Å². The third-order valence-electron chi connectivity index (χ3n) is 2.09. The highest BCUT2D eigenvalue weighted by atomic mass is 35.5. The average molecular weight is 233 g/mol. The first-order valence-electron chi connectivity index (χ1n) is 3.71. The van der Waals surface area contributed by atoms with Gasteiger partial charge >= 0.3 is 0 Å². The largest absolute Gasteiger partial charge is 0.268 e. The van der Waals surface area contributed by atoms with Crippen LogP contribution in [-0.4, -0.2) is 21.5 Å². The maximum atomic E-state index is 11.7. The van der Waals surface area contributed by atoms with Crippen molar-refractivity contribution < 1.29 is 9.00 Å². The van der Waals surface area contributed by atoms with Crippen molar-refractivity contribution in [3.63, 3.8) is 0 Å². The first-order chi connectivity index (χ1) is 6.05. The molecule has 76 valence electrons. The molecule has 1 aromatic carbocycles. The lowest BCUT2D eigenvalue weighted by atomic mass is 10.2. The molecule has 0 spiro atoms. The maximum Gasteiger partial charge on any atom is 0.267 e. The minimum Gasteiger partial charge on any atom is -0.268 e. The molecule has 0 fully saturated rings. The molecule has 1 unspecified atom stereocenters. The van der Waals surface area contributed by atoms with Crippen molar-refractivity contribution in [2.75, 3.05) is 7.05 Å². The first kappa shape index (κ1) is 11.0. The SMILES string of the molecule is CN1C(=O)c2ccccc2S1(=N)=O.Cl. The van der Waals surface area contributed by atoms with E-state index in [1.807, 2.05) is 0 Å². The van der Waals surface area contributed by atoms with Crippen LogP contribution in [0.1, 0.15) is 10.4 Å². The summed E-state index contributed by atoms with van der Waals surface area (Å²) in [6, 6.07) is 6.53. The topological polar surface area (TPSA) is 61.2 Å². The molecular formula is C8H9ClN2O2S. The van der Waals surface area contributed by atoms with E-state index >= 15 is 0 Å². The lowest BCUT2D eigenvalue weighted by molar-refractivity contribution is 0.0893. The van der Waals surface area contributed by atoms with Crippen LogP contribution in [0.5, 0.6) is 0 Å². The van der Waals surface area contributed by atoms with Crippen molar-refractivity contribution in [1.82, 2.24) is 4.31 Å². The van der Waals surface area contributed by atoms with Crippen LogP contribution < -0.4 is 0 Å². The van der Waals surface area contributed by atoms with Crippen LogP contribution >= 0.6 is 12.4 Å². The molecule has 1 aromatic rings. The number of hydrogen-bond acceptors (Lipinski definition) is 3. The van der Waals surface area contributed by atoms with Crippen LogP contribution in [0.25, 0.3) is 0 Å². The first-order valence-corrected chi connectivity index (χ1v) is 5.22. The van der Waals surface area contributed by atoms with Crippen molar-refractivity contribution >= 4 is 28.2 Å². The Kier molecular flexibility index (Phi) is 2.56. The summed E-state index contributed by atoms with van der Waals surface area (Å²) in [4.78, 5) is 11.8. The zero-order valence-electron chi connectivity index (χ0n) is 7.39. The Bertz CT molecular complexity index is 484. The van der Waals surface area contributed by atoms with E-state index in [2.05, 4.69) is 0 Å². The van der Waals surface area contributed by atoms with E-state index < -0.39 is 9.92 Å². The van der Waals surface area contributed by atoms with Crippen molar-refractivity contribution in [1.29, 1.82) is 4.78 Å². The Morgan fingerprint density at radius 3 is 2.50 bits per heavy atom. The summed E-state index contributed by atoms with van der Waals surface area (Å²) in [7, 11) is -1.66. The zero-order chi connectivity index (χ0) is 9.64. The Labute approximate surface area is 88.4 Å². The molecule has 0 bridgehead atoms. The molecular weight excluding hydrogens is 224 g/mol. The molecule has 1 amide bonds. The van der Waals surface area contributed by atoms with E-state index in [1.165, 1.54) is 7.05 Å². The second-order valence-corrected chi connectivity index (χ2v) is 4.86. The van der Waals surface area contributed by atoms with Gasteiger partial charge in [0.05, 0.1) is 10.5 Å². The predicted octanol–water partition coefficient (Wildman–Crippen LogP) is 1.51. The Morgan fingerprint density at radius 2 is 1.93 bits per heavy atom. The van der Waals surface area contributed by atoms with E-state index in [0.29, 0.717) is 10.5 Å². The summed E-state index contributed by atoms with van der Waals surface area (Å²) in [6.45, 7) is 0. The van der Waals surface area contributed by atoms with Gasteiger partial charge in [-0.05, 0) is 12.1 Å². The highest BCUT2D eigenvalue weighted by Gasteiger charge is 2.34. The zero-order valence-corrected chi connectivity index (χ0v) is 9.02. The minimum absolute atomic E-state index is 0. The van der Waals surface area contributed by atoms with Crippen LogP contribution in [0.15, 0.2) is 29.2 Å². The smallest absolute Gasteiger partial charge is 0.267 e. The summed E-state index contributed by atoms with van der Waals surface area (Å²) >= 11 is 0. The lowest BCUT2D eigenvalue weighted by Gasteiger charge is -2.09. The molecule has 0 aliphatic carbocycles. The third kappa shape index (κ3) is 1.20. The Balaban J connectivity index is 0.000000980. The van der Waals surface area contributed by atoms with Gasteiger partial charge in [0.25, 0.3) is 5.91 Å². The molecule has 1 aliphatic rings. The average Bonchev–Trinajstić information content (AvgIpc) is 2.30. The molecule has 1 atom stereocenters. The summed E-state index contributed by atoms with van der Waals surface area (Å²) < 4.78 is 20.2. The van der Waals surface area contributed by atoms with Crippen molar-refractivity contribution in [3.8, 4) is 0 Å². The standard InChI is InChI=1S/C8H8N2O2S.ClH/c1-10-8(11)6-4-2-3-5-7(6)13(10,9)12;/h2-5,9H,1H3;1H. The molecule has 4 nitrogen and oxygen atoms in total. The number of carbonyl (C=O) groups is 1. The minimum atomic E-state index is -3.05. The number of nitrogens with one attached hydrogen (secondary N) is 1. The van der Waals surface area contributed by atoms with E-state index in [-0.39, 0.29) is 18.3 Å². The van der Waals surface area contributed by atoms with Gasteiger partial charge in [-0.15, -0.1) is 12.4 Å². The Morgan fingerprint density at radius 1 is 1.36 bits per heavy atom. The van der Waals surface area contributed by atoms with Gasteiger partial charge in [-0.3, -0.25) is 9.10 Å². The highest BCUT2D eigenvalue weighted by molar-refractivity contribution is 7.91. The number of benzene rings is 1. The quantitative estimate of drug-likeness (QED) is 0.737. The molecule has 1 aliphatic heterocycles. The second-order valence-electron chi connectivity index (χ2n) is 2.82. The molecule has 6 heteroatoms. The van der Waals surface area contributed by atoms with Gasteiger partial charge in [-0.2, -0.15) is 0 Å². The van der Waals surface area contributed by atoms with Gasteiger partial charge in [0.1, 0.15) is 0 Å². The van der Waals surface area contributed by atoms with E-state index in [1.54, 1.807) is 24.3 Å². The summed E-state index contributed by atoms with van der Waals surface area (Å²) in [5, 5.41) is 0. The van der Waals surface area contributed by atoms with Crippen molar-refractivity contribution in [2.45, 2.75) is 4.90 Å². The Hall–Kier alpha value is -1.07. The van der Waals surface area contributed by atoms with Crippen LogP contribution in [0.3, 0.4) is 0 Å². The fraction of sp³-hybridized carbons (Fsp3) is 0.125. The molecule has 1 heterocycles. The maximum absolute atomic E-state index is 11.7. The second kappa shape index (κ2) is 3.25. The number of rotatable bonds is 0. The number of fused-ring (bicyclic) bond motifs is 1. The molecule has 0 saturated carbocycles. The fourth-order valence-electron chi connectivity index (χ4n) is 1.32. The van der Waals surface area contributed by atoms with E-state index in [4.69, 9.17) is 4.78 Å². The molecule has 1 N–H and O–H groups in total. The molecule has 0 radical (unpaired) electrons. The predicted molar refractivity (Wildman–Crippen MR) is 54.9 cm³/mol. The van der Waals surface area contributed by atoms with Crippen molar-refractivity contribution in [2.24, 2.45) is 0 Å². The van der Waals surface area contributed by atoms with Gasteiger partial charge in [0.15, 0.2) is 9.92 Å². The summed E-state index contributed by atoms with van der Waals surface area (Å²) in [5.41, 5.74) is 0.380. The molecule has 2 rings (SSSR count). The molecule has 0 saturated heterocycles. The van der Waals surface area contributed by atoms with Gasteiger partial charge in [0, 0.05) is 7.05 Å². The van der Waals surface area contributed by atoms with Gasteiger partial charge < -0.3 is 0 Å². The van der Waals surface area contributed by atoms with Gasteiger partial charge in [0.2, 0.25) is 0 Å². The molecule has 0 aromatic heterocycles. The van der Waals surface area contributed by atoms with E-state index in [9.17, 15) is 9.00 Å². The normalized spacial score (nSPS) is 24.4. The number of nitrogens with zero attached hydrogens (tertiary/aromatic N) is 1. The van der Waals surface area contributed by atoms with Crippen LogP contribution in [0, 0.1) is 4.78 Å². The van der Waals surface area contributed by atoms with Crippen LogP contribution in [0.4, 0.5) is 0 Å². The number of carbonyl (C=O) groups excluding carboxylic acids is 1. The number of amides is 1. The fourth-order valence-corrected chi connectivity index (χ4v) is 2.66.